The summed E-state index contributed by atoms with van der Waals surface area (Å²) in [5, 5.41) is 22.7. The van der Waals surface area contributed by atoms with Crippen LogP contribution >= 0.6 is 0 Å². The van der Waals surface area contributed by atoms with Crippen LogP contribution in [0.25, 0.3) is 33.2 Å². The number of nitrogens with zero attached hydrogens (tertiary/aromatic N) is 2. The first-order valence-electron chi connectivity index (χ1n) is 11.2. The van der Waals surface area contributed by atoms with Crippen LogP contribution in [0.15, 0.2) is 60.7 Å². The normalized spacial score (nSPS) is 12.4. The zero-order chi connectivity index (χ0) is 23.1. The van der Waals surface area contributed by atoms with Crippen LogP contribution in [0, 0.1) is 0 Å². The van der Waals surface area contributed by atoms with Gasteiger partial charge in [-0.2, -0.15) is 0 Å². The Hall–Kier alpha value is -3.41. The number of hydrogen-bond acceptors (Lipinski definition) is 4. The van der Waals surface area contributed by atoms with Crippen molar-refractivity contribution < 1.29 is 19.5 Å². The first-order chi connectivity index (χ1) is 16.1. The van der Waals surface area contributed by atoms with Gasteiger partial charge >= 0.3 is 0 Å². The Bertz CT molecular complexity index is 1350. The zero-order valence-corrected chi connectivity index (χ0v) is 19.3. The summed E-state index contributed by atoms with van der Waals surface area (Å²) in [7, 11) is 5.82. The topological polar surface area (TPSA) is 56.8 Å². The molecule has 1 aromatic heterocycles. The second-order valence-corrected chi connectivity index (χ2v) is 8.71. The number of aromatic nitrogens is 1. The molecular weight excluding hydrogens is 412 g/mol. The highest BCUT2D eigenvalue weighted by Gasteiger charge is 2.29. The van der Waals surface area contributed by atoms with Crippen LogP contribution in [0.2, 0.25) is 0 Å². The van der Waals surface area contributed by atoms with E-state index in [1.54, 1.807) is 7.11 Å². The van der Waals surface area contributed by atoms with Gasteiger partial charge in [-0.15, -0.1) is 0 Å². The summed E-state index contributed by atoms with van der Waals surface area (Å²) in [6.45, 7) is 0.601. The minimum Gasteiger partial charge on any atom is -0.497 e. The summed E-state index contributed by atoms with van der Waals surface area (Å²) >= 11 is 0. The van der Waals surface area contributed by atoms with Gasteiger partial charge in [-0.3, -0.25) is 4.90 Å². The number of aliphatic hydroxyl groups is 2. The summed E-state index contributed by atoms with van der Waals surface area (Å²) in [6, 6.07) is 20.7. The molecule has 0 saturated carbocycles. The lowest BCUT2D eigenvalue weighted by atomic mass is 9.88. The standard InChI is InChI=1S/C28H29N2O3/c1-29(2)28-24-14-20(16-31)25(17-32)27(18-7-5-4-6-8-18)23(24)15-26-22-10-9-21(33-3)13-19(22)11-12-30(26)28/h4-10,13-15,31-32H,11-12,16-17H2,1-3H3/q+1. The van der Waals surface area contributed by atoms with Crippen LogP contribution in [0.3, 0.4) is 0 Å². The van der Waals surface area contributed by atoms with Crippen LogP contribution in [0.5, 0.6) is 5.75 Å². The van der Waals surface area contributed by atoms with Gasteiger partial charge in [0.1, 0.15) is 11.4 Å². The van der Waals surface area contributed by atoms with Crippen molar-refractivity contribution in [2.45, 2.75) is 26.2 Å². The van der Waals surface area contributed by atoms with Gasteiger partial charge in [0, 0.05) is 17.4 Å². The van der Waals surface area contributed by atoms with E-state index in [9.17, 15) is 10.2 Å². The van der Waals surface area contributed by atoms with Crippen LogP contribution in [0.4, 0.5) is 5.82 Å². The van der Waals surface area contributed by atoms with E-state index in [1.807, 2.05) is 30.3 Å². The number of fused-ring (bicyclic) bond motifs is 4. The highest BCUT2D eigenvalue weighted by molar-refractivity contribution is 6.04. The summed E-state index contributed by atoms with van der Waals surface area (Å²) in [4.78, 5) is 2.15. The Morgan fingerprint density at radius 1 is 0.939 bits per heavy atom. The highest BCUT2D eigenvalue weighted by Crippen LogP contribution is 2.41. The second-order valence-electron chi connectivity index (χ2n) is 8.71. The summed E-state index contributed by atoms with van der Waals surface area (Å²) in [5.74, 6) is 1.97. The molecule has 0 radical (unpaired) electrons. The Morgan fingerprint density at radius 3 is 2.39 bits per heavy atom. The van der Waals surface area contributed by atoms with E-state index in [1.165, 1.54) is 11.1 Å². The molecule has 5 nitrogen and oxygen atoms in total. The SMILES string of the molecule is COc1ccc2c(c1)CC[n+]1c-2cc2c(-c3ccccc3)c(CO)c(CO)cc2c1N(C)C. The van der Waals surface area contributed by atoms with Gasteiger partial charge in [0.15, 0.2) is 0 Å². The summed E-state index contributed by atoms with van der Waals surface area (Å²) in [5.41, 5.74) is 7.16. The maximum atomic E-state index is 10.3. The molecule has 0 amide bonds. The highest BCUT2D eigenvalue weighted by atomic mass is 16.5. The molecule has 1 aliphatic rings. The van der Waals surface area contributed by atoms with Crippen molar-refractivity contribution in [3.05, 3.63) is 77.4 Å². The fourth-order valence-corrected chi connectivity index (χ4v) is 5.18. The van der Waals surface area contributed by atoms with Crippen LogP contribution in [-0.4, -0.2) is 31.4 Å². The van der Waals surface area contributed by atoms with Crippen molar-refractivity contribution in [2.24, 2.45) is 0 Å². The number of anilines is 1. The van der Waals surface area contributed by atoms with Gasteiger partial charge in [0.2, 0.25) is 0 Å². The number of benzene rings is 3. The molecule has 0 unspecified atom stereocenters. The third kappa shape index (κ3) is 3.45. The van der Waals surface area contributed by atoms with Gasteiger partial charge in [0.05, 0.1) is 46.3 Å². The molecule has 0 aliphatic carbocycles. The van der Waals surface area contributed by atoms with Crippen molar-refractivity contribution in [3.8, 4) is 28.1 Å². The first kappa shape index (κ1) is 21.4. The number of aryl methyl sites for hydroxylation is 1. The Balaban J connectivity index is 1.93. The molecule has 4 aromatic rings. The van der Waals surface area contributed by atoms with E-state index in [-0.39, 0.29) is 13.2 Å². The van der Waals surface area contributed by atoms with E-state index in [4.69, 9.17) is 4.74 Å². The maximum Gasteiger partial charge on any atom is 0.284 e. The first-order valence-corrected chi connectivity index (χ1v) is 11.2. The molecule has 0 atom stereocenters. The van der Waals surface area contributed by atoms with Crippen molar-refractivity contribution in [1.82, 2.24) is 0 Å². The molecule has 0 fully saturated rings. The van der Waals surface area contributed by atoms with E-state index in [2.05, 4.69) is 53.9 Å². The molecule has 168 valence electrons. The minimum atomic E-state index is -0.134. The van der Waals surface area contributed by atoms with Crippen molar-refractivity contribution in [2.75, 3.05) is 26.1 Å². The lowest BCUT2D eigenvalue weighted by Gasteiger charge is -2.25. The molecule has 2 N–H and O–H groups in total. The van der Waals surface area contributed by atoms with Gasteiger partial charge in [-0.05, 0) is 58.1 Å². The Labute approximate surface area is 194 Å². The Kier molecular flexibility index (Phi) is 5.52. The van der Waals surface area contributed by atoms with Crippen molar-refractivity contribution >= 4 is 16.6 Å². The van der Waals surface area contributed by atoms with Gasteiger partial charge in [-0.25, -0.2) is 4.57 Å². The van der Waals surface area contributed by atoms with E-state index >= 15 is 0 Å². The predicted octanol–water partition coefficient (Wildman–Crippen LogP) is 4.08. The lowest BCUT2D eigenvalue weighted by molar-refractivity contribution is -0.674. The van der Waals surface area contributed by atoms with Crippen molar-refractivity contribution in [1.29, 1.82) is 0 Å². The fourth-order valence-electron chi connectivity index (χ4n) is 5.18. The fraction of sp³-hybridized carbons (Fsp3) is 0.250. The van der Waals surface area contributed by atoms with E-state index < -0.39 is 0 Å². The predicted molar refractivity (Wildman–Crippen MR) is 131 cm³/mol. The second kappa shape index (κ2) is 8.50. The number of rotatable bonds is 5. The molecule has 3 aromatic carbocycles. The summed E-state index contributed by atoms with van der Waals surface area (Å²) < 4.78 is 7.83. The smallest absolute Gasteiger partial charge is 0.284 e. The van der Waals surface area contributed by atoms with Crippen molar-refractivity contribution in [3.63, 3.8) is 0 Å². The van der Waals surface area contributed by atoms with E-state index in [0.29, 0.717) is 0 Å². The molecule has 0 bridgehead atoms. The largest absolute Gasteiger partial charge is 0.497 e. The van der Waals surface area contributed by atoms with Crippen LogP contribution in [-0.2, 0) is 26.2 Å². The number of aliphatic hydroxyl groups excluding tert-OH is 2. The van der Waals surface area contributed by atoms with E-state index in [0.717, 1.165) is 63.3 Å². The monoisotopic (exact) mass is 441 g/mol. The molecular formula is C28H29N2O3+. The number of pyridine rings is 1. The zero-order valence-electron chi connectivity index (χ0n) is 19.3. The molecule has 2 heterocycles. The minimum absolute atomic E-state index is 0.122. The number of hydrogen-bond donors (Lipinski definition) is 2. The Morgan fingerprint density at radius 2 is 1.73 bits per heavy atom. The van der Waals surface area contributed by atoms with Gasteiger partial charge in [-0.1, -0.05) is 30.3 Å². The molecule has 0 saturated heterocycles. The number of methoxy groups -OCH3 is 1. The third-order valence-electron chi connectivity index (χ3n) is 6.64. The van der Waals surface area contributed by atoms with Gasteiger partial charge < -0.3 is 14.9 Å². The average Bonchev–Trinajstić information content (AvgIpc) is 2.85. The third-order valence-corrected chi connectivity index (χ3v) is 6.64. The lowest BCUT2D eigenvalue weighted by Crippen LogP contribution is -2.45. The summed E-state index contributed by atoms with van der Waals surface area (Å²) in [6.07, 6.45) is 0.920. The van der Waals surface area contributed by atoms with Crippen LogP contribution < -0.4 is 14.2 Å². The number of ether oxygens (including phenoxy) is 1. The molecule has 0 spiro atoms. The maximum absolute atomic E-state index is 10.3. The molecule has 5 heteroatoms. The molecule has 1 aliphatic heterocycles. The van der Waals surface area contributed by atoms with Gasteiger partial charge in [0.25, 0.3) is 5.82 Å². The molecule has 5 rings (SSSR count). The van der Waals surface area contributed by atoms with Crippen LogP contribution in [0.1, 0.15) is 16.7 Å². The average molecular weight is 442 g/mol. The quantitative estimate of drug-likeness (QED) is 0.459. The molecule has 33 heavy (non-hydrogen) atoms.